The van der Waals surface area contributed by atoms with Crippen molar-refractivity contribution in [1.82, 2.24) is 0 Å². The largest absolute Gasteiger partial charge is 0.481 e. The molecule has 0 aromatic heterocycles. The van der Waals surface area contributed by atoms with E-state index in [0.717, 1.165) is 55.2 Å². The molecule has 1 aliphatic rings. The van der Waals surface area contributed by atoms with Crippen molar-refractivity contribution in [3.63, 3.8) is 0 Å². The summed E-state index contributed by atoms with van der Waals surface area (Å²) < 4.78 is 11.2. The highest BCUT2D eigenvalue weighted by Crippen LogP contribution is 2.48. The van der Waals surface area contributed by atoms with E-state index in [9.17, 15) is 9.59 Å². The Kier molecular flexibility index (Phi) is 11.2. The lowest BCUT2D eigenvalue weighted by molar-refractivity contribution is -0.144. The summed E-state index contributed by atoms with van der Waals surface area (Å²) >= 11 is 25.0. The van der Waals surface area contributed by atoms with Crippen molar-refractivity contribution in [3.8, 4) is 11.5 Å². The molecule has 0 radical (unpaired) electrons. The van der Waals surface area contributed by atoms with E-state index in [4.69, 9.17) is 61.0 Å². The van der Waals surface area contributed by atoms with Gasteiger partial charge in [-0.3, -0.25) is 9.59 Å². The number of hydrogen-bond donors (Lipinski definition) is 1. The number of esters is 1. The summed E-state index contributed by atoms with van der Waals surface area (Å²) in [6, 6.07) is 7.04. The lowest BCUT2D eigenvalue weighted by Crippen LogP contribution is -2.06. The van der Waals surface area contributed by atoms with Crippen LogP contribution in [-0.2, 0) is 14.3 Å². The zero-order valence-electron chi connectivity index (χ0n) is 19.8. The molecule has 0 atom stereocenters. The Balaban J connectivity index is 1.45. The van der Waals surface area contributed by atoms with Crippen LogP contribution in [0.1, 0.15) is 75.3 Å². The maximum atomic E-state index is 11.7. The molecule has 2 aromatic rings. The fourth-order valence-electron chi connectivity index (χ4n) is 3.96. The van der Waals surface area contributed by atoms with E-state index >= 15 is 0 Å². The lowest BCUT2D eigenvalue weighted by atomic mass is 9.92. The molecule has 5 nitrogen and oxygen atoms in total. The second-order valence-corrected chi connectivity index (χ2v) is 10.3. The first-order valence-corrected chi connectivity index (χ1v) is 13.5. The fraction of sp³-hybridized carbons (Fsp3) is 0.407. The molecule has 1 heterocycles. The predicted molar refractivity (Wildman–Crippen MR) is 145 cm³/mol. The van der Waals surface area contributed by atoms with E-state index in [1.807, 2.05) is 12.1 Å². The maximum Gasteiger partial charge on any atom is 0.305 e. The van der Waals surface area contributed by atoms with Crippen LogP contribution >= 0.6 is 46.4 Å². The number of carbonyl (C=O) groups excluding carboxylic acids is 1. The number of halogens is 4. The third-order valence-electron chi connectivity index (χ3n) is 5.83. The average molecular weight is 574 g/mol. The van der Waals surface area contributed by atoms with Gasteiger partial charge in [0.1, 0.15) is 11.5 Å². The van der Waals surface area contributed by atoms with Crippen molar-refractivity contribution in [1.29, 1.82) is 0 Å². The molecule has 0 saturated heterocycles. The Morgan fingerprint density at radius 2 is 1.28 bits per heavy atom. The van der Waals surface area contributed by atoms with Gasteiger partial charge in [0, 0.05) is 36.1 Å². The third kappa shape index (κ3) is 8.31. The van der Waals surface area contributed by atoms with Gasteiger partial charge in [-0.05, 0) is 49.8 Å². The van der Waals surface area contributed by atoms with Crippen molar-refractivity contribution < 1.29 is 24.2 Å². The second kappa shape index (κ2) is 14.1. The van der Waals surface area contributed by atoms with Crippen LogP contribution in [0.25, 0.3) is 5.57 Å². The Labute approximate surface area is 231 Å². The van der Waals surface area contributed by atoms with Crippen LogP contribution in [-0.4, -0.2) is 23.7 Å². The molecule has 1 aliphatic heterocycles. The first kappa shape index (κ1) is 28.6. The van der Waals surface area contributed by atoms with Crippen LogP contribution < -0.4 is 4.74 Å². The Hall–Kier alpha value is -1.92. The molecule has 0 aliphatic carbocycles. The number of hydrogen-bond acceptors (Lipinski definition) is 4. The minimum atomic E-state index is -0.842. The number of unbranched alkanes of at least 4 members (excludes halogenated alkanes) is 6. The molecule has 9 heteroatoms. The smallest absolute Gasteiger partial charge is 0.305 e. The van der Waals surface area contributed by atoms with E-state index in [0.29, 0.717) is 51.0 Å². The Bertz CT molecular complexity index is 1070. The zero-order chi connectivity index (χ0) is 26.1. The van der Waals surface area contributed by atoms with E-state index in [1.54, 1.807) is 12.1 Å². The first-order valence-electron chi connectivity index (χ1n) is 12.0. The van der Waals surface area contributed by atoms with Gasteiger partial charge in [0.2, 0.25) is 0 Å². The minimum absolute atomic E-state index is 0.0843. The molecule has 0 spiro atoms. The quantitative estimate of drug-likeness (QED) is 0.163. The van der Waals surface area contributed by atoms with E-state index in [1.165, 1.54) is 0 Å². The molecule has 0 amide bonds. The average Bonchev–Trinajstić information content (AvgIpc) is 2.82. The third-order valence-corrected chi connectivity index (χ3v) is 7.27. The van der Waals surface area contributed by atoms with Gasteiger partial charge in [-0.25, -0.2) is 0 Å². The maximum absolute atomic E-state index is 11.7. The number of ether oxygens (including phenoxy) is 2. The number of aliphatic carboxylic acids is 1. The Morgan fingerprint density at radius 3 is 1.89 bits per heavy atom. The van der Waals surface area contributed by atoms with Crippen molar-refractivity contribution in [2.75, 3.05) is 6.61 Å². The number of benzene rings is 2. The number of fused-ring (bicyclic) bond motifs is 2. The van der Waals surface area contributed by atoms with Gasteiger partial charge in [-0.1, -0.05) is 71.7 Å². The van der Waals surface area contributed by atoms with E-state index < -0.39 is 5.97 Å². The standard InChI is InChI=1S/C27H28Cl4O5/c28-20-13-18-17(19-14-21(29)23(31)16-25(19)36-24(18)15-22(20)30)9-5-3-1-2-4-8-12-35-27(34)11-7-6-10-26(32)33/h9,13-16H,1-8,10-12H2,(H,32,33). The Morgan fingerprint density at radius 1 is 0.750 bits per heavy atom. The fourth-order valence-corrected chi connectivity index (χ4v) is 4.59. The molecule has 36 heavy (non-hydrogen) atoms. The molecule has 2 aromatic carbocycles. The van der Waals surface area contributed by atoms with Crippen molar-refractivity contribution in [2.45, 2.75) is 64.2 Å². The lowest BCUT2D eigenvalue weighted by Gasteiger charge is -2.24. The molecular formula is C27H28Cl4O5. The topological polar surface area (TPSA) is 72.8 Å². The van der Waals surface area contributed by atoms with E-state index in [-0.39, 0.29) is 18.8 Å². The van der Waals surface area contributed by atoms with Crippen LogP contribution in [0.5, 0.6) is 11.5 Å². The van der Waals surface area contributed by atoms with Gasteiger partial charge >= 0.3 is 11.9 Å². The number of carbonyl (C=O) groups is 2. The van der Waals surface area contributed by atoms with Crippen LogP contribution in [0.4, 0.5) is 0 Å². The van der Waals surface area contributed by atoms with Crippen LogP contribution in [0, 0.1) is 0 Å². The highest BCUT2D eigenvalue weighted by molar-refractivity contribution is 6.43. The van der Waals surface area contributed by atoms with Gasteiger partial charge in [0.25, 0.3) is 0 Å². The summed E-state index contributed by atoms with van der Waals surface area (Å²) in [6.07, 6.45) is 9.30. The van der Waals surface area contributed by atoms with Gasteiger partial charge in [-0.2, -0.15) is 0 Å². The highest BCUT2D eigenvalue weighted by atomic mass is 35.5. The summed E-state index contributed by atoms with van der Waals surface area (Å²) in [5.74, 6) is 0.147. The summed E-state index contributed by atoms with van der Waals surface area (Å²) in [7, 11) is 0. The summed E-state index contributed by atoms with van der Waals surface area (Å²) in [6.45, 7) is 0.405. The number of allylic oxidation sites excluding steroid dienone is 1. The summed E-state index contributed by atoms with van der Waals surface area (Å²) in [4.78, 5) is 22.1. The van der Waals surface area contributed by atoms with Crippen LogP contribution in [0.3, 0.4) is 0 Å². The molecule has 0 bridgehead atoms. The molecule has 1 N–H and O–H groups in total. The van der Waals surface area contributed by atoms with E-state index in [2.05, 4.69) is 6.08 Å². The van der Waals surface area contributed by atoms with Crippen molar-refractivity contribution in [3.05, 3.63) is 61.6 Å². The second-order valence-electron chi connectivity index (χ2n) is 8.62. The first-order chi connectivity index (χ1) is 17.3. The van der Waals surface area contributed by atoms with Gasteiger partial charge in [0.05, 0.1) is 26.7 Å². The monoisotopic (exact) mass is 572 g/mol. The highest BCUT2D eigenvalue weighted by Gasteiger charge is 2.24. The van der Waals surface area contributed by atoms with Gasteiger partial charge in [0.15, 0.2) is 0 Å². The van der Waals surface area contributed by atoms with Crippen LogP contribution in [0.15, 0.2) is 30.3 Å². The molecule has 194 valence electrons. The normalized spacial score (nSPS) is 11.9. The van der Waals surface area contributed by atoms with Crippen molar-refractivity contribution >= 4 is 63.9 Å². The zero-order valence-corrected chi connectivity index (χ0v) is 22.8. The molecule has 0 saturated carbocycles. The molecule has 0 fully saturated rings. The summed E-state index contributed by atoms with van der Waals surface area (Å²) in [5.41, 5.74) is 2.71. The minimum Gasteiger partial charge on any atom is -0.481 e. The van der Waals surface area contributed by atoms with Crippen LogP contribution in [0.2, 0.25) is 20.1 Å². The van der Waals surface area contributed by atoms with Gasteiger partial charge in [-0.15, -0.1) is 0 Å². The number of rotatable bonds is 13. The predicted octanol–water partition coefficient (Wildman–Crippen LogP) is 9.37. The van der Waals surface area contributed by atoms with Gasteiger partial charge < -0.3 is 14.6 Å². The SMILES string of the molecule is O=C(O)CCCCC(=O)OCCCCCCCC=C1c2cc(Cl)c(Cl)cc2Oc2cc(Cl)c(Cl)cc21. The molecule has 0 unspecified atom stereocenters. The number of carboxylic acid groups (broad SMARTS) is 1. The molecular weight excluding hydrogens is 546 g/mol. The number of carboxylic acids is 1. The van der Waals surface area contributed by atoms with Crippen molar-refractivity contribution in [2.24, 2.45) is 0 Å². The summed E-state index contributed by atoms with van der Waals surface area (Å²) in [5, 5.41) is 10.3. The molecule has 3 rings (SSSR count).